The molecule has 1 aromatic heterocycles. The van der Waals surface area contributed by atoms with E-state index in [-0.39, 0.29) is 5.41 Å². The second kappa shape index (κ2) is 11.0. The van der Waals surface area contributed by atoms with Crippen molar-refractivity contribution in [2.45, 2.75) is 26.8 Å². The van der Waals surface area contributed by atoms with E-state index in [1.165, 1.54) is 4.88 Å². The van der Waals surface area contributed by atoms with E-state index >= 15 is 0 Å². The Morgan fingerprint density at radius 3 is 2.67 bits per heavy atom. The number of hydrogen-bond donors (Lipinski definition) is 2. The van der Waals surface area contributed by atoms with Crippen molar-refractivity contribution in [2.24, 2.45) is 10.4 Å². The molecule has 2 rings (SSSR count). The third kappa shape index (κ3) is 7.78. The van der Waals surface area contributed by atoms with Crippen LogP contribution in [0.2, 0.25) is 0 Å². The monoisotopic (exact) mass is 395 g/mol. The Hall–Kier alpha value is -1.15. The van der Waals surface area contributed by atoms with Gasteiger partial charge in [0.1, 0.15) is 0 Å². The molecule has 0 saturated carbocycles. The molecule has 7 heteroatoms. The number of hydrogen-bond acceptors (Lipinski definition) is 5. The molecule has 6 nitrogen and oxygen atoms in total. The zero-order valence-electron chi connectivity index (χ0n) is 17.6. The van der Waals surface area contributed by atoms with Crippen molar-refractivity contribution in [1.82, 2.24) is 20.4 Å². The number of aliphatic imine (C=N–C) groups is 1. The molecule has 1 unspecified atom stereocenters. The van der Waals surface area contributed by atoms with Crippen molar-refractivity contribution in [2.75, 3.05) is 66.6 Å². The molecular weight excluding hydrogens is 358 g/mol. The summed E-state index contributed by atoms with van der Waals surface area (Å²) in [6, 6.07) is 4.72. The number of thiophene rings is 1. The molecule has 1 saturated heterocycles. The summed E-state index contributed by atoms with van der Waals surface area (Å²) in [5.41, 5.74) is 0.142. The third-order valence-corrected chi connectivity index (χ3v) is 5.55. The maximum absolute atomic E-state index is 5.54. The molecule has 27 heavy (non-hydrogen) atoms. The van der Waals surface area contributed by atoms with E-state index < -0.39 is 0 Å². The van der Waals surface area contributed by atoms with Gasteiger partial charge in [-0.25, -0.2) is 0 Å². The summed E-state index contributed by atoms with van der Waals surface area (Å²) in [4.78, 5) is 11.0. The smallest absolute Gasteiger partial charge is 0.191 e. The molecular formula is C20H37N5OS. The lowest BCUT2D eigenvalue weighted by Crippen LogP contribution is -2.46. The molecule has 1 fully saturated rings. The van der Waals surface area contributed by atoms with Crippen molar-refractivity contribution < 1.29 is 4.74 Å². The van der Waals surface area contributed by atoms with Crippen LogP contribution < -0.4 is 10.6 Å². The van der Waals surface area contributed by atoms with Gasteiger partial charge in [0, 0.05) is 44.1 Å². The fraction of sp³-hybridized carbons (Fsp3) is 0.750. The SMILES string of the molecule is CCNC(=NCC(C)(C)CN(C)C)NCC(c1cccs1)N1CCOCC1. The van der Waals surface area contributed by atoms with Gasteiger partial charge in [-0.3, -0.25) is 9.89 Å². The van der Waals surface area contributed by atoms with Crippen molar-refractivity contribution in [3.05, 3.63) is 22.4 Å². The second-order valence-corrected chi connectivity index (χ2v) is 9.14. The number of nitrogens with zero attached hydrogens (tertiary/aromatic N) is 3. The molecule has 1 atom stereocenters. The fourth-order valence-corrected chi connectivity index (χ4v) is 4.37. The molecule has 0 bridgehead atoms. The predicted octanol–water partition coefficient (Wildman–Crippen LogP) is 2.26. The molecule has 1 aliphatic rings. The molecule has 0 aliphatic carbocycles. The van der Waals surface area contributed by atoms with Crippen LogP contribution in [0, 0.1) is 5.41 Å². The molecule has 1 aromatic rings. The topological polar surface area (TPSA) is 52.1 Å². The van der Waals surface area contributed by atoms with Gasteiger partial charge < -0.3 is 20.3 Å². The van der Waals surface area contributed by atoms with Crippen molar-refractivity contribution in [3.8, 4) is 0 Å². The quantitative estimate of drug-likeness (QED) is 0.496. The lowest BCUT2D eigenvalue weighted by molar-refractivity contribution is 0.0177. The Balaban J connectivity index is 2.01. The van der Waals surface area contributed by atoms with Gasteiger partial charge in [0.15, 0.2) is 5.96 Å². The van der Waals surface area contributed by atoms with Gasteiger partial charge in [0.25, 0.3) is 0 Å². The Kier molecular flexibility index (Phi) is 9.02. The predicted molar refractivity (Wildman–Crippen MR) is 116 cm³/mol. The summed E-state index contributed by atoms with van der Waals surface area (Å²) in [5.74, 6) is 0.902. The first-order chi connectivity index (χ1) is 12.9. The van der Waals surface area contributed by atoms with Crippen LogP contribution in [0.1, 0.15) is 31.7 Å². The van der Waals surface area contributed by atoms with E-state index in [0.29, 0.717) is 6.04 Å². The fourth-order valence-electron chi connectivity index (χ4n) is 3.51. The van der Waals surface area contributed by atoms with E-state index in [4.69, 9.17) is 9.73 Å². The van der Waals surface area contributed by atoms with Crippen LogP contribution in [-0.4, -0.2) is 82.3 Å². The van der Waals surface area contributed by atoms with Crippen LogP contribution in [-0.2, 0) is 4.74 Å². The Morgan fingerprint density at radius 1 is 1.33 bits per heavy atom. The van der Waals surface area contributed by atoms with Crippen LogP contribution >= 0.6 is 11.3 Å². The average molecular weight is 396 g/mol. The Bertz CT molecular complexity index is 553. The Morgan fingerprint density at radius 2 is 2.07 bits per heavy atom. The summed E-state index contributed by atoms with van der Waals surface area (Å²) in [6.45, 7) is 13.8. The van der Waals surface area contributed by atoms with Gasteiger partial charge >= 0.3 is 0 Å². The van der Waals surface area contributed by atoms with Gasteiger partial charge in [-0.2, -0.15) is 0 Å². The largest absolute Gasteiger partial charge is 0.379 e. The normalized spacial score (nSPS) is 17.9. The lowest BCUT2D eigenvalue weighted by Gasteiger charge is -2.34. The van der Waals surface area contributed by atoms with E-state index in [1.807, 2.05) is 11.3 Å². The van der Waals surface area contributed by atoms with Crippen LogP contribution in [0.5, 0.6) is 0 Å². The molecule has 1 aliphatic heterocycles. The highest BCUT2D eigenvalue weighted by molar-refractivity contribution is 7.10. The zero-order chi connectivity index (χ0) is 19.7. The maximum Gasteiger partial charge on any atom is 0.191 e. The molecule has 0 aromatic carbocycles. The summed E-state index contributed by atoms with van der Waals surface area (Å²) >= 11 is 1.83. The number of rotatable bonds is 9. The Labute approximate surface area is 169 Å². The summed E-state index contributed by atoms with van der Waals surface area (Å²) in [7, 11) is 4.23. The van der Waals surface area contributed by atoms with Crippen molar-refractivity contribution in [3.63, 3.8) is 0 Å². The van der Waals surface area contributed by atoms with E-state index in [0.717, 1.165) is 58.4 Å². The van der Waals surface area contributed by atoms with E-state index in [1.54, 1.807) is 0 Å². The third-order valence-electron chi connectivity index (χ3n) is 4.57. The highest BCUT2D eigenvalue weighted by atomic mass is 32.1. The number of ether oxygens (including phenoxy) is 1. The minimum atomic E-state index is 0.142. The zero-order valence-corrected chi connectivity index (χ0v) is 18.4. The molecule has 0 radical (unpaired) electrons. The van der Waals surface area contributed by atoms with Crippen LogP contribution in [0.25, 0.3) is 0 Å². The highest BCUT2D eigenvalue weighted by Crippen LogP contribution is 2.25. The van der Waals surface area contributed by atoms with Crippen LogP contribution in [0.15, 0.2) is 22.5 Å². The van der Waals surface area contributed by atoms with Crippen molar-refractivity contribution >= 4 is 17.3 Å². The lowest BCUT2D eigenvalue weighted by atomic mass is 9.93. The number of morpholine rings is 1. The summed E-state index contributed by atoms with van der Waals surface area (Å²) < 4.78 is 5.54. The van der Waals surface area contributed by atoms with E-state index in [2.05, 4.69) is 72.8 Å². The molecule has 2 N–H and O–H groups in total. The minimum absolute atomic E-state index is 0.142. The van der Waals surface area contributed by atoms with Gasteiger partial charge in [-0.05, 0) is 37.9 Å². The molecule has 2 heterocycles. The van der Waals surface area contributed by atoms with E-state index in [9.17, 15) is 0 Å². The molecule has 154 valence electrons. The standard InChI is InChI=1S/C20H37N5OS/c1-6-21-19(23-15-20(2,3)16-24(4)5)22-14-17(18-8-7-13-27-18)25-9-11-26-12-10-25/h7-8,13,17H,6,9-12,14-16H2,1-5H3,(H2,21,22,23). The van der Waals surface area contributed by atoms with Gasteiger partial charge in [0.05, 0.1) is 19.3 Å². The first-order valence-corrected chi connectivity index (χ1v) is 10.8. The van der Waals surface area contributed by atoms with Crippen LogP contribution in [0.3, 0.4) is 0 Å². The summed E-state index contributed by atoms with van der Waals surface area (Å²) in [5, 5.41) is 9.14. The molecule has 0 amide bonds. The summed E-state index contributed by atoms with van der Waals surface area (Å²) in [6.07, 6.45) is 0. The first kappa shape index (κ1) is 22.1. The van der Waals surface area contributed by atoms with Gasteiger partial charge in [0.2, 0.25) is 0 Å². The first-order valence-electron chi connectivity index (χ1n) is 9.93. The van der Waals surface area contributed by atoms with Crippen LogP contribution in [0.4, 0.5) is 0 Å². The average Bonchev–Trinajstić information content (AvgIpc) is 3.14. The number of guanidine groups is 1. The highest BCUT2D eigenvalue weighted by Gasteiger charge is 2.24. The van der Waals surface area contributed by atoms with Gasteiger partial charge in [-0.15, -0.1) is 11.3 Å². The van der Waals surface area contributed by atoms with Gasteiger partial charge in [-0.1, -0.05) is 19.9 Å². The minimum Gasteiger partial charge on any atom is -0.379 e. The number of nitrogens with one attached hydrogen (secondary N) is 2. The maximum atomic E-state index is 5.54. The molecule has 0 spiro atoms. The van der Waals surface area contributed by atoms with Crippen molar-refractivity contribution in [1.29, 1.82) is 0 Å². The second-order valence-electron chi connectivity index (χ2n) is 8.16.